The Bertz CT molecular complexity index is 347. The predicted octanol–water partition coefficient (Wildman–Crippen LogP) is 2.57. The molecule has 0 radical (unpaired) electrons. The summed E-state index contributed by atoms with van der Waals surface area (Å²) in [5.74, 6) is 0.240. The minimum absolute atomic E-state index is 0.0345. The van der Waals surface area contributed by atoms with Gasteiger partial charge in [0.2, 0.25) is 5.91 Å². The molecule has 1 heterocycles. The van der Waals surface area contributed by atoms with Crippen LogP contribution in [-0.2, 0) is 13.6 Å². The van der Waals surface area contributed by atoms with Crippen LogP contribution in [0.5, 0.6) is 0 Å². The third-order valence-electron chi connectivity index (χ3n) is 3.55. The molecule has 118 valence electrons. The van der Waals surface area contributed by atoms with Gasteiger partial charge in [0.25, 0.3) is 0 Å². The van der Waals surface area contributed by atoms with E-state index in [1.165, 1.54) is 0 Å². The van der Waals surface area contributed by atoms with Crippen molar-refractivity contribution < 1.29 is 13.6 Å². The zero-order chi connectivity index (χ0) is 15.7. The van der Waals surface area contributed by atoms with E-state index in [9.17, 15) is 4.79 Å². The van der Waals surface area contributed by atoms with Gasteiger partial charge in [-0.1, -0.05) is 20.8 Å². The largest absolute Gasteiger partial charge is 0.420 e. The van der Waals surface area contributed by atoms with Gasteiger partial charge in [0, 0.05) is 12.5 Å². The lowest BCUT2D eigenvalue weighted by atomic mass is 9.70. The first-order valence-electron chi connectivity index (χ1n) is 7.51. The maximum Gasteiger partial charge on any atom is 0.229 e. The number of rotatable bonds is 6. The second kappa shape index (κ2) is 6.29. The number of β-lactam (4-membered cyclic amide) rings is 1. The summed E-state index contributed by atoms with van der Waals surface area (Å²) in [6.45, 7) is 18.0. The molecule has 3 atom stereocenters. The summed E-state index contributed by atoms with van der Waals surface area (Å²) >= 11 is 0. The summed E-state index contributed by atoms with van der Waals surface area (Å²) < 4.78 is 12.0. The van der Waals surface area contributed by atoms with E-state index in [2.05, 4.69) is 58.8 Å². The lowest BCUT2D eigenvalue weighted by Gasteiger charge is -2.47. The minimum Gasteiger partial charge on any atom is -0.420 e. The summed E-state index contributed by atoms with van der Waals surface area (Å²) in [4.78, 5) is 12.0. The van der Waals surface area contributed by atoms with E-state index < -0.39 is 17.4 Å². The summed E-state index contributed by atoms with van der Waals surface area (Å²) in [5.41, 5.74) is 0.0345. The van der Waals surface area contributed by atoms with Crippen LogP contribution >= 0.6 is 0 Å². The van der Waals surface area contributed by atoms with Gasteiger partial charge in [0.1, 0.15) is 6.23 Å². The van der Waals surface area contributed by atoms with Crippen LogP contribution in [0.15, 0.2) is 0 Å². The topological polar surface area (TPSA) is 47.6 Å². The van der Waals surface area contributed by atoms with Gasteiger partial charge >= 0.3 is 0 Å². The monoisotopic (exact) mass is 317 g/mol. The number of carbonyl (C=O) groups is 1. The summed E-state index contributed by atoms with van der Waals surface area (Å²) in [7, 11) is -2.73. The first kappa shape index (κ1) is 17.9. The number of nitrogens with one attached hydrogen (secondary N) is 1. The van der Waals surface area contributed by atoms with Crippen LogP contribution in [0, 0.1) is 17.3 Å². The molecule has 0 aromatic heterocycles. The molecule has 1 amide bonds. The van der Waals surface area contributed by atoms with Crippen LogP contribution in [0.25, 0.3) is 0 Å². The van der Waals surface area contributed by atoms with E-state index in [-0.39, 0.29) is 29.4 Å². The zero-order valence-electron chi connectivity index (χ0n) is 14.2. The highest BCUT2D eigenvalue weighted by molar-refractivity contribution is 6.69. The van der Waals surface area contributed by atoms with Crippen molar-refractivity contribution >= 4 is 23.3 Å². The minimum atomic E-state index is -1.66. The van der Waals surface area contributed by atoms with Crippen LogP contribution in [0.3, 0.4) is 0 Å². The van der Waals surface area contributed by atoms with Gasteiger partial charge in [-0.3, -0.25) is 4.79 Å². The highest BCUT2D eigenvalue weighted by atomic mass is 28.4. The molecule has 0 aliphatic carbocycles. The molecule has 0 aromatic carbocycles. The number of amides is 1. The standard InChI is InChI=1S/C14H31NO3Si2/c1-14(2,3)10(9-17-19(4)5)11-12(16)15-13(11)18-20(6,7)8/h10-11,13,19H,9H2,1-8H3,(H,15,16)/t10-,11+,13-/m1/s1. The normalized spacial score (nSPS) is 25.4. The molecule has 0 unspecified atom stereocenters. The number of carbonyl (C=O) groups excluding carboxylic acids is 1. The van der Waals surface area contributed by atoms with E-state index in [0.29, 0.717) is 6.61 Å². The highest BCUT2D eigenvalue weighted by Crippen LogP contribution is 2.39. The van der Waals surface area contributed by atoms with E-state index in [4.69, 9.17) is 8.85 Å². The van der Waals surface area contributed by atoms with Crippen molar-refractivity contribution in [2.45, 2.75) is 59.7 Å². The average molecular weight is 318 g/mol. The van der Waals surface area contributed by atoms with Crippen molar-refractivity contribution in [2.24, 2.45) is 17.3 Å². The molecule has 0 aromatic rings. The third kappa shape index (κ3) is 4.98. The molecule has 1 N–H and O–H groups in total. The van der Waals surface area contributed by atoms with Crippen LogP contribution in [-0.4, -0.2) is 36.1 Å². The SMILES string of the molecule is C[SiH](C)OC[C@H]([C@H]1C(=O)N[C@@H]1O[Si](C)(C)C)C(C)(C)C. The van der Waals surface area contributed by atoms with Crippen molar-refractivity contribution in [3.8, 4) is 0 Å². The van der Waals surface area contributed by atoms with Crippen molar-refractivity contribution in [1.82, 2.24) is 5.32 Å². The van der Waals surface area contributed by atoms with E-state index in [0.717, 1.165) is 0 Å². The quantitative estimate of drug-likeness (QED) is 0.605. The second-order valence-electron chi connectivity index (χ2n) is 8.04. The summed E-state index contributed by atoms with van der Waals surface area (Å²) in [6.07, 6.45) is -0.129. The van der Waals surface area contributed by atoms with Crippen molar-refractivity contribution in [3.63, 3.8) is 0 Å². The lowest BCUT2D eigenvalue weighted by Crippen LogP contribution is -2.66. The van der Waals surface area contributed by atoms with Gasteiger partial charge in [-0.15, -0.1) is 0 Å². The maximum atomic E-state index is 12.0. The molecule has 4 nitrogen and oxygen atoms in total. The first-order valence-corrected chi connectivity index (χ1v) is 13.7. The van der Waals surface area contributed by atoms with E-state index in [1.54, 1.807) is 0 Å². The van der Waals surface area contributed by atoms with Crippen LogP contribution in [0.4, 0.5) is 0 Å². The fourth-order valence-corrected chi connectivity index (χ4v) is 3.99. The van der Waals surface area contributed by atoms with Gasteiger partial charge in [-0.2, -0.15) is 0 Å². The number of hydrogen-bond donors (Lipinski definition) is 1. The van der Waals surface area contributed by atoms with Gasteiger partial charge < -0.3 is 14.2 Å². The molecule has 1 saturated heterocycles. The summed E-state index contributed by atoms with van der Waals surface area (Å²) in [6, 6.07) is 0. The molecule has 1 fully saturated rings. The third-order valence-corrected chi connectivity index (χ3v) is 5.37. The highest BCUT2D eigenvalue weighted by Gasteiger charge is 2.50. The average Bonchev–Trinajstić information content (AvgIpc) is 2.19. The molecule has 20 heavy (non-hydrogen) atoms. The van der Waals surface area contributed by atoms with Gasteiger partial charge in [0.05, 0.1) is 5.92 Å². The van der Waals surface area contributed by atoms with Crippen LogP contribution < -0.4 is 5.32 Å². The molecule has 0 bridgehead atoms. The van der Waals surface area contributed by atoms with Gasteiger partial charge in [0.15, 0.2) is 17.4 Å². The maximum absolute atomic E-state index is 12.0. The molecular weight excluding hydrogens is 286 g/mol. The Hall–Kier alpha value is -0.176. The molecule has 6 heteroatoms. The lowest BCUT2D eigenvalue weighted by molar-refractivity contribution is -0.154. The Labute approximate surface area is 126 Å². The second-order valence-corrected chi connectivity index (χ2v) is 14.9. The van der Waals surface area contributed by atoms with Crippen LogP contribution in [0.1, 0.15) is 20.8 Å². The Morgan fingerprint density at radius 1 is 1.30 bits per heavy atom. The molecule has 0 saturated carbocycles. The molecule has 1 rings (SSSR count). The molecule has 1 aliphatic heterocycles. The Balaban J connectivity index is 2.80. The fraction of sp³-hybridized carbons (Fsp3) is 0.929. The van der Waals surface area contributed by atoms with Crippen LogP contribution in [0.2, 0.25) is 32.7 Å². The number of hydrogen-bond acceptors (Lipinski definition) is 3. The summed E-state index contributed by atoms with van der Waals surface area (Å²) in [5, 5.41) is 2.92. The van der Waals surface area contributed by atoms with E-state index in [1.807, 2.05) is 0 Å². The molecule has 0 spiro atoms. The zero-order valence-corrected chi connectivity index (χ0v) is 16.4. The Morgan fingerprint density at radius 3 is 2.20 bits per heavy atom. The smallest absolute Gasteiger partial charge is 0.229 e. The van der Waals surface area contributed by atoms with Crippen molar-refractivity contribution in [3.05, 3.63) is 0 Å². The molecule has 1 aliphatic rings. The van der Waals surface area contributed by atoms with E-state index >= 15 is 0 Å². The van der Waals surface area contributed by atoms with Crippen molar-refractivity contribution in [1.29, 1.82) is 0 Å². The fourth-order valence-electron chi connectivity index (χ4n) is 2.43. The van der Waals surface area contributed by atoms with Gasteiger partial charge in [-0.05, 0) is 38.2 Å². The van der Waals surface area contributed by atoms with Crippen molar-refractivity contribution in [2.75, 3.05) is 6.61 Å². The Morgan fingerprint density at radius 2 is 1.85 bits per heavy atom. The Kier molecular flexibility index (Phi) is 5.63. The first-order chi connectivity index (χ1) is 8.92. The predicted molar refractivity (Wildman–Crippen MR) is 87.6 cm³/mol. The van der Waals surface area contributed by atoms with Gasteiger partial charge in [-0.25, -0.2) is 0 Å². The molecular formula is C14H31NO3Si2.